The molecule has 0 unspecified atom stereocenters. The van der Waals surface area contributed by atoms with Crippen LogP contribution in [0.3, 0.4) is 0 Å². The number of halogens is 2. The summed E-state index contributed by atoms with van der Waals surface area (Å²) in [6, 6.07) is 4.34. The summed E-state index contributed by atoms with van der Waals surface area (Å²) in [7, 11) is 0. The highest BCUT2D eigenvalue weighted by Crippen LogP contribution is 2.23. The summed E-state index contributed by atoms with van der Waals surface area (Å²) in [6.07, 6.45) is 1.36. The fourth-order valence-electron chi connectivity index (χ4n) is 1.68. The standard InChI is InChI=1S/C12H9BrClN3O3/c1-7-11(13)12(18)16(6-15-7)5-8-2-3-9(14)4-10(8)17(19)20/h2-4,6H,5H2,1H3. The van der Waals surface area contributed by atoms with Crippen molar-refractivity contribution in [2.45, 2.75) is 13.5 Å². The predicted octanol–water partition coefficient (Wildman–Crippen LogP) is 2.92. The molecule has 0 N–H and O–H groups in total. The molecule has 0 atom stereocenters. The first kappa shape index (κ1) is 14.7. The van der Waals surface area contributed by atoms with Gasteiger partial charge in [0.1, 0.15) is 4.47 Å². The van der Waals surface area contributed by atoms with E-state index in [1.807, 2.05) is 0 Å². The van der Waals surface area contributed by atoms with Gasteiger partial charge in [-0.1, -0.05) is 11.6 Å². The maximum absolute atomic E-state index is 12.0. The number of nitrogens with zero attached hydrogens (tertiary/aromatic N) is 3. The van der Waals surface area contributed by atoms with Crippen LogP contribution in [-0.4, -0.2) is 14.5 Å². The van der Waals surface area contributed by atoms with Gasteiger partial charge in [-0.3, -0.25) is 19.5 Å². The topological polar surface area (TPSA) is 78.0 Å². The highest BCUT2D eigenvalue weighted by atomic mass is 79.9. The summed E-state index contributed by atoms with van der Waals surface area (Å²) in [5.41, 5.74) is 0.541. The Bertz CT molecular complexity index is 745. The lowest BCUT2D eigenvalue weighted by Gasteiger charge is -2.08. The first-order valence-corrected chi connectivity index (χ1v) is 6.71. The molecule has 0 radical (unpaired) electrons. The van der Waals surface area contributed by atoms with Gasteiger partial charge in [0.25, 0.3) is 11.2 Å². The molecule has 0 aliphatic rings. The Morgan fingerprint density at radius 3 is 2.85 bits per heavy atom. The fourth-order valence-corrected chi connectivity index (χ4v) is 2.18. The molecule has 1 aromatic heterocycles. The zero-order chi connectivity index (χ0) is 14.9. The molecule has 6 nitrogen and oxygen atoms in total. The van der Waals surface area contributed by atoms with E-state index in [0.29, 0.717) is 15.7 Å². The quantitative estimate of drug-likeness (QED) is 0.624. The number of hydrogen-bond donors (Lipinski definition) is 0. The number of hydrogen-bond acceptors (Lipinski definition) is 4. The molecule has 1 aromatic carbocycles. The Morgan fingerprint density at radius 1 is 1.50 bits per heavy atom. The van der Waals surface area contributed by atoms with Crippen LogP contribution in [0.1, 0.15) is 11.3 Å². The van der Waals surface area contributed by atoms with E-state index in [4.69, 9.17) is 11.6 Å². The van der Waals surface area contributed by atoms with Gasteiger partial charge < -0.3 is 0 Å². The van der Waals surface area contributed by atoms with Crippen LogP contribution >= 0.6 is 27.5 Å². The van der Waals surface area contributed by atoms with Crippen LogP contribution in [0.2, 0.25) is 5.02 Å². The predicted molar refractivity (Wildman–Crippen MR) is 78.1 cm³/mol. The van der Waals surface area contributed by atoms with Crippen molar-refractivity contribution in [3.8, 4) is 0 Å². The average Bonchev–Trinajstić information content (AvgIpc) is 2.41. The van der Waals surface area contributed by atoms with Crippen molar-refractivity contribution in [1.82, 2.24) is 9.55 Å². The Balaban J connectivity index is 2.48. The van der Waals surface area contributed by atoms with Gasteiger partial charge in [-0.25, -0.2) is 4.98 Å². The van der Waals surface area contributed by atoms with Gasteiger partial charge >= 0.3 is 0 Å². The normalized spacial score (nSPS) is 10.6. The third-order valence-corrected chi connectivity index (χ3v) is 3.89. The van der Waals surface area contributed by atoms with E-state index in [9.17, 15) is 14.9 Å². The summed E-state index contributed by atoms with van der Waals surface area (Å²) in [4.78, 5) is 26.6. The van der Waals surface area contributed by atoms with Gasteiger partial charge in [-0.15, -0.1) is 0 Å². The van der Waals surface area contributed by atoms with Crippen LogP contribution < -0.4 is 5.56 Å². The molecule has 0 saturated carbocycles. The highest BCUT2D eigenvalue weighted by Gasteiger charge is 2.16. The Hall–Kier alpha value is -1.73. The van der Waals surface area contributed by atoms with E-state index in [-0.39, 0.29) is 22.8 Å². The molecule has 20 heavy (non-hydrogen) atoms. The van der Waals surface area contributed by atoms with Crippen molar-refractivity contribution in [3.63, 3.8) is 0 Å². The molecule has 0 spiro atoms. The summed E-state index contributed by atoms with van der Waals surface area (Å²) >= 11 is 8.90. The molecule has 8 heteroatoms. The zero-order valence-electron chi connectivity index (χ0n) is 10.3. The first-order chi connectivity index (χ1) is 9.40. The van der Waals surface area contributed by atoms with Crippen molar-refractivity contribution in [2.24, 2.45) is 0 Å². The number of nitro benzene ring substituents is 1. The minimum atomic E-state index is -0.525. The lowest BCUT2D eigenvalue weighted by Crippen LogP contribution is -2.23. The largest absolute Gasteiger partial charge is 0.294 e. The minimum absolute atomic E-state index is 0.0538. The lowest BCUT2D eigenvalue weighted by molar-refractivity contribution is -0.385. The van der Waals surface area contributed by atoms with E-state index in [0.717, 1.165) is 0 Å². The molecule has 2 aromatic rings. The maximum Gasteiger partial charge on any atom is 0.275 e. The third kappa shape index (κ3) is 2.88. The summed E-state index contributed by atoms with van der Waals surface area (Å²) < 4.78 is 1.64. The van der Waals surface area contributed by atoms with Gasteiger partial charge in [0.2, 0.25) is 0 Å². The number of nitro groups is 1. The van der Waals surface area contributed by atoms with Gasteiger partial charge in [-0.05, 0) is 35.0 Å². The SMILES string of the molecule is Cc1ncn(Cc2ccc(Cl)cc2[N+](=O)[O-])c(=O)c1Br. The second-order valence-corrected chi connectivity index (χ2v) is 5.34. The summed E-state index contributed by atoms with van der Waals surface area (Å²) in [6.45, 7) is 1.75. The molecule has 1 heterocycles. The number of aryl methyl sites for hydroxylation is 1. The van der Waals surface area contributed by atoms with Crippen molar-refractivity contribution in [2.75, 3.05) is 0 Å². The van der Waals surface area contributed by atoms with E-state index in [2.05, 4.69) is 20.9 Å². The van der Waals surface area contributed by atoms with Crippen LogP contribution in [0.25, 0.3) is 0 Å². The van der Waals surface area contributed by atoms with Crippen LogP contribution in [0, 0.1) is 17.0 Å². The molecular weight excluding hydrogens is 350 g/mol. The molecule has 0 bridgehead atoms. The van der Waals surface area contributed by atoms with Gasteiger partial charge in [0, 0.05) is 16.7 Å². The van der Waals surface area contributed by atoms with Crippen molar-refractivity contribution in [1.29, 1.82) is 0 Å². The zero-order valence-corrected chi connectivity index (χ0v) is 12.7. The maximum atomic E-state index is 12.0. The first-order valence-electron chi connectivity index (χ1n) is 5.54. The molecule has 2 rings (SSSR count). The van der Waals surface area contributed by atoms with Gasteiger partial charge in [0.15, 0.2) is 0 Å². The Labute approximate surface area is 127 Å². The fraction of sp³-hybridized carbons (Fsp3) is 0.167. The molecule has 0 fully saturated rings. The third-order valence-electron chi connectivity index (χ3n) is 2.74. The second-order valence-electron chi connectivity index (χ2n) is 4.11. The number of rotatable bonds is 3. The molecule has 0 aliphatic carbocycles. The van der Waals surface area contributed by atoms with Crippen LogP contribution in [-0.2, 0) is 6.54 Å². The van der Waals surface area contributed by atoms with Gasteiger partial charge in [0.05, 0.1) is 23.5 Å². The van der Waals surface area contributed by atoms with E-state index >= 15 is 0 Å². The average molecular weight is 359 g/mol. The minimum Gasteiger partial charge on any atom is -0.294 e. The van der Waals surface area contributed by atoms with Gasteiger partial charge in [-0.2, -0.15) is 0 Å². The molecule has 0 saturated heterocycles. The monoisotopic (exact) mass is 357 g/mol. The van der Waals surface area contributed by atoms with E-state index < -0.39 is 4.92 Å². The smallest absolute Gasteiger partial charge is 0.275 e. The second kappa shape index (κ2) is 5.72. The van der Waals surface area contributed by atoms with Crippen LogP contribution in [0.4, 0.5) is 5.69 Å². The summed E-state index contributed by atoms with van der Waals surface area (Å²) in [5, 5.41) is 11.3. The van der Waals surface area contributed by atoms with E-state index in [1.165, 1.54) is 23.0 Å². The highest BCUT2D eigenvalue weighted by molar-refractivity contribution is 9.10. The molecule has 104 valence electrons. The molecular formula is C12H9BrClN3O3. The Morgan fingerprint density at radius 2 is 2.20 bits per heavy atom. The number of benzene rings is 1. The van der Waals surface area contributed by atoms with E-state index in [1.54, 1.807) is 13.0 Å². The van der Waals surface area contributed by atoms with Crippen molar-refractivity contribution >= 4 is 33.2 Å². The Kier molecular flexibility index (Phi) is 4.20. The summed E-state index contributed by atoms with van der Waals surface area (Å²) in [5.74, 6) is 0. The van der Waals surface area contributed by atoms with Crippen LogP contribution in [0.5, 0.6) is 0 Å². The number of aromatic nitrogens is 2. The van der Waals surface area contributed by atoms with Crippen molar-refractivity contribution < 1.29 is 4.92 Å². The van der Waals surface area contributed by atoms with Crippen LogP contribution in [0.15, 0.2) is 33.8 Å². The molecule has 0 aliphatic heterocycles. The lowest BCUT2D eigenvalue weighted by atomic mass is 10.2. The molecule has 0 amide bonds. The van der Waals surface area contributed by atoms with Crippen molar-refractivity contribution in [3.05, 3.63) is 65.7 Å².